The molecule has 3 rings (SSSR count). The Labute approximate surface area is 169 Å². The van der Waals surface area contributed by atoms with Gasteiger partial charge in [0.15, 0.2) is 0 Å². The van der Waals surface area contributed by atoms with Crippen LogP contribution in [0.3, 0.4) is 0 Å². The minimum atomic E-state index is -0.145. The number of rotatable bonds is 7. The molecule has 0 aliphatic heterocycles. The van der Waals surface area contributed by atoms with Crippen molar-refractivity contribution in [2.45, 2.75) is 20.0 Å². The van der Waals surface area contributed by atoms with E-state index in [1.165, 1.54) is 0 Å². The number of amides is 2. The van der Waals surface area contributed by atoms with Crippen molar-refractivity contribution in [1.29, 1.82) is 0 Å². The third-order valence-corrected chi connectivity index (χ3v) is 4.42. The van der Waals surface area contributed by atoms with Gasteiger partial charge in [0.05, 0.1) is 18.5 Å². The molecule has 2 aromatic carbocycles. The first-order chi connectivity index (χ1) is 13.5. The summed E-state index contributed by atoms with van der Waals surface area (Å²) >= 11 is 5.91. The highest BCUT2D eigenvalue weighted by Crippen LogP contribution is 2.14. The third-order valence-electron chi connectivity index (χ3n) is 4.17. The highest BCUT2D eigenvalue weighted by Gasteiger charge is 2.10. The standard InChI is InChI=1S/C21H23ClN4O2/c1-3-28-20-10-4-16(5-11-20)14-25(2)21(27)23-12-17-13-24-26(15-17)19-8-6-18(22)7-9-19/h4-11,13,15H,3,12,14H2,1-2H3,(H,23,27). The van der Waals surface area contributed by atoms with Gasteiger partial charge in [-0.1, -0.05) is 23.7 Å². The second-order valence-electron chi connectivity index (χ2n) is 6.36. The second-order valence-corrected chi connectivity index (χ2v) is 6.80. The van der Waals surface area contributed by atoms with Crippen LogP contribution >= 0.6 is 11.6 Å². The molecule has 1 aromatic heterocycles. The summed E-state index contributed by atoms with van der Waals surface area (Å²) in [6.45, 7) is 3.50. The molecule has 0 unspecified atom stereocenters. The molecule has 0 bridgehead atoms. The molecule has 1 heterocycles. The monoisotopic (exact) mass is 398 g/mol. The zero-order valence-corrected chi connectivity index (χ0v) is 16.7. The number of hydrogen-bond donors (Lipinski definition) is 1. The summed E-state index contributed by atoms with van der Waals surface area (Å²) in [4.78, 5) is 14.0. The molecule has 6 nitrogen and oxygen atoms in total. The highest BCUT2D eigenvalue weighted by atomic mass is 35.5. The first-order valence-electron chi connectivity index (χ1n) is 9.05. The van der Waals surface area contributed by atoms with Gasteiger partial charge in [-0.05, 0) is 48.9 Å². The fourth-order valence-corrected chi connectivity index (χ4v) is 2.83. The topological polar surface area (TPSA) is 59.4 Å². The quantitative estimate of drug-likeness (QED) is 0.646. The number of nitrogens with one attached hydrogen (secondary N) is 1. The van der Waals surface area contributed by atoms with Gasteiger partial charge in [0.25, 0.3) is 0 Å². The summed E-state index contributed by atoms with van der Waals surface area (Å²) in [6.07, 6.45) is 3.62. The fraction of sp³-hybridized carbons (Fsp3) is 0.238. The molecule has 7 heteroatoms. The minimum absolute atomic E-state index is 0.145. The van der Waals surface area contributed by atoms with Gasteiger partial charge in [-0.2, -0.15) is 5.10 Å². The molecule has 146 valence electrons. The molecule has 0 aliphatic carbocycles. The molecule has 28 heavy (non-hydrogen) atoms. The SMILES string of the molecule is CCOc1ccc(CN(C)C(=O)NCc2cnn(-c3ccc(Cl)cc3)c2)cc1. The van der Waals surface area contributed by atoms with Gasteiger partial charge in [0.1, 0.15) is 5.75 Å². The number of hydrogen-bond acceptors (Lipinski definition) is 3. The molecule has 0 aliphatic rings. The van der Waals surface area contributed by atoms with Crippen molar-refractivity contribution < 1.29 is 9.53 Å². The van der Waals surface area contributed by atoms with Gasteiger partial charge < -0.3 is 15.0 Å². The lowest BCUT2D eigenvalue weighted by Crippen LogP contribution is -2.36. The molecule has 2 amide bonds. The van der Waals surface area contributed by atoms with Gasteiger partial charge in [-0.15, -0.1) is 0 Å². The predicted octanol–water partition coefficient (Wildman–Crippen LogP) is 4.27. The molecular formula is C21H23ClN4O2. The number of nitrogens with zero attached hydrogens (tertiary/aromatic N) is 3. The Hall–Kier alpha value is -2.99. The predicted molar refractivity (Wildman–Crippen MR) is 110 cm³/mol. The Balaban J connectivity index is 1.51. The van der Waals surface area contributed by atoms with Crippen LogP contribution in [0.15, 0.2) is 60.9 Å². The first kappa shape index (κ1) is 19.8. The van der Waals surface area contributed by atoms with E-state index in [0.29, 0.717) is 24.7 Å². The van der Waals surface area contributed by atoms with Crippen LogP contribution in [-0.2, 0) is 13.1 Å². The Morgan fingerprint density at radius 3 is 2.54 bits per heavy atom. The van der Waals surface area contributed by atoms with Crippen molar-refractivity contribution >= 4 is 17.6 Å². The maximum atomic E-state index is 12.4. The average molecular weight is 399 g/mol. The summed E-state index contributed by atoms with van der Waals surface area (Å²) < 4.78 is 7.18. The molecule has 1 N–H and O–H groups in total. The average Bonchev–Trinajstić information content (AvgIpc) is 3.17. The number of aromatic nitrogens is 2. The van der Waals surface area contributed by atoms with E-state index in [2.05, 4.69) is 10.4 Å². The van der Waals surface area contributed by atoms with Crippen LogP contribution in [0.1, 0.15) is 18.1 Å². The largest absolute Gasteiger partial charge is 0.494 e. The normalized spacial score (nSPS) is 10.5. The van der Waals surface area contributed by atoms with E-state index >= 15 is 0 Å². The van der Waals surface area contributed by atoms with E-state index in [4.69, 9.17) is 16.3 Å². The summed E-state index contributed by atoms with van der Waals surface area (Å²) in [6, 6.07) is 15.0. The maximum Gasteiger partial charge on any atom is 0.317 e. The maximum absolute atomic E-state index is 12.4. The van der Waals surface area contributed by atoms with Crippen LogP contribution in [0.2, 0.25) is 5.02 Å². The Morgan fingerprint density at radius 1 is 1.14 bits per heavy atom. The minimum Gasteiger partial charge on any atom is -0.494 e. The number of urea groups is 1. The molecule has 0 atom stereocenters. The number of carbonyl (C=O) groups excluding carboxylic acids is 1. The lowest BCUT2D eigenvalue weighted by molar-refractivity contribution is 0.206. The van der Waals surface area contributed by atoms with Gasteiger partial charge in [-0.25, -0.2) is 9.48 Å². The van der Waals surface area contributed by atoms with Crippen LogP contribution in [0.4, 0.5) is 4.79 Å². The molecule has 0 fully saturated rings. The summed E-state index contributed by atoms with van der Waals surface area (Å²) in [5, 5.41) is 7.92. The number of halogens is 1. The van der Waals surface area contributed by atoms with E-state index in [0.717, 1.165) is 22.6 Å². The smallest absolute Gasteiger partial charge is 0.317 e. The van der Waals surface area contributed by atoms with Crippen molar-refractivity contribution in [2.24, 2.45) is 0 Å². The first-order valence-corrected chi connectivity index (χ1v) is 9.43. The van der Waals surface area contributed by atoms with Gasteiger partial charge >= 0.3 is 6.03 Å². The van der Waals surface area contributed by atoms with Gasteiger partial charge in [-0.3, -0.25) is 0 Å². The van der Waals surface area contributed by atoms with E-state index in [1.54, 1.807) is 22.8 Å². The summed E-state index contributed by atoms with van der Waals surface area (Å²) in [7, 11) is 1.77. The Kier molecular flexibility index (Phi) is 6.55. The van der Waals surface area contributed by atoms with E-state index in [1.807, 2.05) is 61.7 Å². The number of carbonyl (C=O) groups is 1. The van der Waals surface area contributed by atoms with Crippen molar-refractivity contribution in [1.82, 2.24) is 20.0 Å². The van der Waals surface area contributed by atoms with E-state index in [-0.39, 0.29) is 6.03 Å². The van der Waals surface area contributed by atoms with Crippen molar-refractivity contribution in [2.75, 3.05) is 13.7 Å². The van der Waals surface area contributed by atoms with Crippen LogP contribution in [0.25, 0.3) is 5.69 Å². The lowest BCUT2D eigenvalue weighted by Gasteiger charge is -2.18. The number of ether oxygens (including phenoxy) is 1. The lowest BCUT2D eigenvalue weighted by atomic mass is 10.2. The van der Waals surface area contributed by atoms with E-state index in [9.17, 15) is 4.79 Å². The zero-order chi connectivity index (χ0) is 19.9. The molecule has 3 aromatic rings. The van der Waals surface area contributed by atoms with Crippen LogP contribution < -0.4 is 10.1 Å². The number of benzene rings is 2. The van der Waals surface area contributed by atoms with Crippen molar-refractivity contribution in [3.63, 3.8) is 0 Å². The molecule has 0 saturated heterocycles. The molecule has 0 radical (unpaired) electrons. The Morgan fingerprint density at radius 2 is 1.86 bits per heavy atom. The van der Waals surface area contributed by atoms with Crippen LogP contribution in [0, 0.1) is 0 Å². The van der Waals surface area contributed by atoms with Crippen LogP contribution in [-0.4, -0.2) is 34.4 Å². The second kappa shape index (κ2) is 9.28. The van der Waals surface area contributed by atoms with Crippen molar-refractivity contribution in [3.05, 3.63) is 77.1 Å². The Bertz CT molecular complexity index is 907. The molecule has 0 spiro atoms. The third kappa shape index (κ3) is 5.27. The summed E-state index contributed by atoms with van der Waals surface area (Å²) in [5.41, 5.74) is 2.86. The van der Waals surface area contributed by atoms with Crippen LogP contribution in [0.5, 0.6) is 5.75 Å². The van der Waals surface area contributed by atoms with E-state index < -0.39 is 0 Å². The van der Waals surface area contributed by atoms with Crippen molar-refractivity contribution in [3.8, 4) is 11.4 Å². The highest BCUT2D eigenvalue weighted by molar-refractivity contribution is 6.30. The van der Waals surface area contributed by atoms with Gasteiger partial charge in [0, 0.05) is 36.9 Å². The molecular weight excluding hydrogens is 376 g/mol. The van der Waals surface area contributed by atoms with Gasteiger partial charge in [0.2, 0.25) is 0 Å². The molecule has 0 saturated carbocycles. The summed E-state index contributed by atoms with van der Waals surface area (Å²) in [5.74, 6) is 0.830. The fourth-order valence-electron chi connectivity index (χ4n) is 2.70. The zero-order valence-electron chi connectivity index (χ0n) is 15.9.